The second-order valence-electron chi connectivity index (χ2n) is 4.20. The first-order chi connectivity index (χ1) is 8.18. The van der Waals surface area contributed by atoms with Gasteiger partial charge in [-0.25, -0.2) is 4.39 Å². The van der Waals surface area contributed by atoms with Crippen molar-refractivity contribution in [1.82, 2.24) is 0 Å². The van der Waals surface area contributed by atoms with Crippen LogP contribution in [0.25, 0.3) is 0 Å². The fraction of sp³-hybridized carbons (Fsp3) is 0.538. The van der Waals surface area contributed by atoms with E-state index >= 15 is 0 Å². The fourth-order valence-corrected chi connectivity index (χ4v) is 2.33. The fourth-order valence-electron chi connectivity index (χ4n) is 1.89. The maximum absolute atomic E-state index is 12.9. The highest BCUT2D eigenvalue weighted by atomic mass is 32.2. The van der Waals surface area contributed by atoms with Gasteiger partial charge in [-0.3, -0.25) is 0 Å². The number of benzene rings is 1. The maximum Gasteiger partial charge on any atom is 0.123 e. The monoisotopic (exact) mass is 258 g/mol. The molecule has 0 fully saturated rings. The van der Waals surface area contributed by atoms with Crippen LogP contribution in [-0.4, -0.2) is 35.4 Å². The second kappa shape index (κ2) is 6.99. The summed E-state index contributed by atoms with van der Waals surface area (Å²) in [6.45, 7) is -0.243. The first-order valence-corrected chi connectivity index (χ1v) is 7.04. The van der Waals surface area contributed by atoms with Crippen LogP contribution in [0.15, 0.2) is 24.3 Å². The lowest BCUT2D eigenvalue weighted by Crippen LogP contribution is -2.35. The molecule has 2 N–H and O–H groups in total. The van der Waals surface area contributed by atoms with Crippen LogP contribution >= 0.6 is 11.8 Å². The van der Waals surface area contributed by atoms with Gasteiger partial charge in [0.15, 0.2) is 0 Å². The summed E-state index contributed by atoms with van der Waals surface area (Å²) in [5.74, 6) is 0.686. The van der Waals surface area contributed by atoms with Crippen molar-refractivity contribution in [3.63, 3.8) is 0 Å². The van der Waals surface area contributed by atoms with E-state index in [1.807, 2.05) is 6.26 Å². The minimum Gasteiger partial charge on any atom is -0.395 e. The quantitative estimate of drug-likeness (QED) is 0.737. The molecule has 0 aromatic heterocycles. The molecule has 0 spiro atoms. The molecular weight excluding hydrogens is 239 g/mol. The molecule has 1 aromatic rings. The summed E-state index contributed by atoms with van der Waals surface area (Å²) in [4.78, 5) is 0. The summed E-state index contributed by atoms with van der Waals surface area (Å²) >= 11 is 1.74. The van der Waals surface area contributed by atoms with Crippen LogP contribution in [0, 0.1) is 5.82 Å². The Bertz CT molecular complexity index is 323. The zero-order chi connectivity index (χ0) is 12.7. The molecule has 96 valence electrons. The molecule has 0 aliphatic carbocycles. The Morgan fingerprint density at radius 2 is 1.76 bits per heavy atom. The first-order valence-electron chi connectivity index (χ1n) is 5.65. The van der Waals surface area contributed by atoms with Crippen molar-refractivity contribution in [2.24, 2.45) is 0 Å². The van der Waals surface area contributed by atoms with E-state index in [1.54, 1.807) is 23.9 Å². The minimum absolute atomic E-state index is 0.122. The minimum atomic E-state index is -0.649. The largest absolute Gasteiger partial charge is 0.395 e. The van der Waals surface area contributed by atoms with Gasteiger partial charge in [-0.15, -0.1) is 0 Å². The van der Waals surface area contributed by atoms with E-state index < -0.39 is 5.41 Å². The SMILES string of the molecule is CSCCCC(CO)(CO)c1ccc(F)cc1. The molecule has 0 saturated carbocycles. The Morgan fingerprint density at radius 1 is 1.18 bits per heavy atom. The zero-order valence-electron chi connectivity index (χ0n) is 10.0. The predicted octanol–water partition coefficient (Wildman–Crippen LogP) is 2.19. The van der Waals surface area contributed by atoms with Gasteiger partial charge in [0.05, 0.1) is 13.2 Å². The van der Waals surface area contributed by atoms with E-state index in [4.69, 9.17) is 0 Å². The lowest BCUT2D eigenvalue weighted by Gasteiger charge is -2.30. The van der Waals surface area contributed by atoms with E-state index in [-0.39, 0.29) is 19.0 Å². The van der Waals surface area contributed by atoms with Crippen molar-refractivity contribution in [3.8, 4) is 0 Å². The molecule has 0 bridgehead atoms. The average Bonchev–Trinajstić information content (AvgIpc) is 2.37. The van der Waals surface area contributed by atoms with E-state index in [1.165, 1.54) is 12.1 Å². The number of halogens is 1. The Hall–Kier alpha value is -0.580. The molecule has 0 saturated heterocycles. The molecule has 0 amide bonds. The van der Waals surface area contributed by atoms with Crippen molar-refractivity contribution < 1.29 is 14.6 Å². The highest BCUT2D eigenvalue weighted by molar-refractivity contribution is 7.98. The predicted molar refractivity (Wildman–Crippen MR) is 69.9 cm³/mol. The zero-order valence-corrected chi connectivity index (χ0v) is 10.8. The van der Waals surface area contributed by atoms with E-state index in [0.29, 0.717) is 6.42 Å². The first kappa shape index (κ1) is 14.5. The maximum atomic E-state index is 12.9. The van der Waals surface area contributed by atoms with Gasteiger partial charge < -0.3 is 10.2 Å². The highest BCUT2D eigenvalue weighted by Gasteiger charge is 2.30. The lowest BCUT2D eigenvalue weighted by atomic mass is 9.78. The lowest BCUT2D eigenvalue weighted by molar-refractivity contribution is 0.109. The van der Waals surface area contributed by atoms with Crippen LogP contribution < -0.4 is 0 Å². The van der Waals surface area contributed by atoms with Crippen molar-refractivity contribution in [2.45, 2.75) is 18.3 Å². The molecule has 0 aliphatic heterocycles. The summed E-state index contributed by atoms with van der Waals surface area (Å²) in [5.41, 5.74) is 0.147. The smallest absolute Gasteiger partial charge is 0.123 e. The third kappa shape index (κ3) is 3.69. The molecule has 0 atom stereocenters. The van der Waals surface area contributed by atoms with Gasteiger partial charge >= 0.3 is 0 Å². The molecule has 4 heteroatoms. The molecule has 1 rings (SSSR count). The topological polar surface area (TPSA) is 40.5 Å². The molecule has 2 nitrogen and oxygen atoms in total. The van der Waals surface area contributed by atoms with Crippen LogP contribution in [0.1, 0.15) is 18.4 Å². The standard InChI is InChI=1S/C13H19FO2S/c1-17-8-2-7-13(9-15,10-16)11-3-5-12(14)6-4-11/h3-6,15-16H,2,7-10H2,1H3. The van der Waals surface area contributed by atoms with Crippen LogP contribution in [0.2, 0.25) is 0 Å². The normalized spacial score (nSPS) is 11.8. The van der Waals surface area contributed by atoms with Gasteiger partial charge in [0, 0.05) is 5.41 Å². The van der Waals surface area contributed by atoms with Crippen LogP contribution in [-0.2, 0) is 5.41 Å². The number of hydrogen-bond donors (Lipinski definition) is 2. The number of aliphatic hydroxyl groups is 2. The average molecular weight is 258 g/mol. The molecule has 0 unspecified atom stereocenters. The molecule has 0 heterocycles. The third-order valence-corrected chi connectivity index (χ3v) is 3.76. The molecular formula is C13H19FO2S. The Kier molecular flexibility index (Phi) is 5.95. The molecule has 0 radical (unpaired) electrons. The van der Waals surface area contributed by atoms with Gasteiger partial charge in [0.2, 0.25) is 0 Å². The number of hydrogen-bond acceptors (Lipinski definition) is 3. The van der Waals surface area contributed by atoms with E-state index in [0.717, 1.165) is 17.7 Å². The van der Waals surface area contributed by atoms with Gasteiger partial charge in [-0.2, -0.15) is 11.8 Å². The molecule has 1 aromatic carbocycles. The number of thioether (sulfide) groups is 1. The van der Waals surface area contributed by atoms with Crippen LogP contribution in [0.4, 0.5) is 4.39 Å². The van der Waals surface area contributed by atoms with Gasteiger partial charge in [0.25, 0.3) is 0 Å². The number of aliphatic hydroxyl groups excluding tert-OH is 2. The van der Waals surface area contributed by atoms with Crippen molar-refractivity contribution in [3.05, 3.63) is 35.6 Å². The van der Waals surface area contributed by atoms with Crippen molar-refractivity contribution in [1.29, 1.82) is 0 Å². The summed E-state index contributed by atoms with van der Waals surface area (Å²) in [7, 11) is 0. The van der Waals surface area contributed by atoms with Gasteiger partial charge in [-0.05, 0) is 42.5 Å². The Morgan fingerprint density at radius 3 is 2.24 bits per heavy atom. The third-order valence-electron chi connectivity index (χ3n) is 3.07. The molecule has 17 heavy (non-hydrogen) atoms. The van der Waals surface area contributed by atoms with Gasteiger partial charge in [-0.1, -0.05) is 12.1 Å². The summed E-state index contributed by atoms with van der Waals surface area (Å²) in [5, 5.41) is 19.1. The second-order valence-corrected chi connectivity index (χ2v) is 5.19. The Balaban J connectivity index is 2.85. The highest BCUT2D eigenvalue weighted by Crippen LogP contribution is 2.29. The van der Waals surface area contributed by atoms with E-state index in [2.05, 4.69) is 0 Å². The van der Waals surface area contributed by atoms with Crippen LogP contribution in [0.5, 0.6) is 0 Å². The van der Waals surface area contributed by atoms with Crippen LogP contribution in [0.3, 0.4) is 0 Å². The Labute approximate surface area is 106 Å². The van der Waals surface area contributed by atoms with Gasteiger partial charge in [0.1, 0.15) is 5.82 Å². The molecule has 0 aliphatic rings. The summed E-state index contributed by atoms with van der Waals surface area (Å²) in [6.07, 6.45) is 3.64. The summed E-state index contributed by atoms with van der Waals surface area (Å²) < 4.78 is 12.9. The van der Waals surface area contributed by atoms with E-state index in [9.17, 15) is 14.6 Å². The number of rotatable bonds is 7. The summed E-state index contributed by atoms with van der Waals surface area (Å²) in [6, 6.07) is 6.01. The van der Waals surface area contributed by atoms with Crippen molar-refractivity contribution in [2.75, 3.05) is 25.2 Å². The van der Waals surface area contributed by atoms with Crippen molar-refractivity contribution >= 4 is 11.8 Å².